The topological polar surface area (TPSA) is 97.0 Å². The van der Waals surface area contributed by atoms with Crippen LogP contribution in [0.25, 0.3) is 0 Å². The normalized spacial score (nSPS) is 28.8. The van der Waals surface area contributed by atoms with Crippen LogP contribution >= 0.6 is 0 Å². The van der Waals surface area contributed by atoms with Crippen molar-refractivity contribution in [2.75, 3.05) is 19.8 Å². The smallest absolute Gasteiger partial charge is 0.325 e. The molecule has 0 unspecified atom stereocenters. The third kappa shape index (κ3) is 3.75. The summed E-state index contributed by atoms with van der Waals surface area (Å²) in [6, 6.07) is 4.72. The van der Waals surface area contributed by atoms with Crippen molar-refractivity contribution in [2.45, 2.75) is 51.1 Å². The number of fused-ring (bicyclic) bond motifs is 1. The molecule has 2 aliphatic heterocycles. The molecule has 1 aliphatic carbocycles. The fourth-order valence-corrected chi connectivity index (χ4v) is 4.21. The molecule has 4 amide bonds. The van der Waals surface area contributed by atoms with Crippen LogP contribution in [0.3, 0.4) is 0 Å². The standard InChI is InChI=1S/C21H27N3O5/c1-13-3-6-15(7-4-13)22-18(25)12-24-19(26)21(2,23-20(24)27)14-5-8-16-17(11-14)29-10-9-28-16/h5,8,11,13,15H,3-4,6-7,9-10,12H2,1-2H3,(H,22,25)(H,23,27)/t13?,15?,21-/m1/s1. The first-order chi connectivity index (χ1) is 13.9. The Bertz CT molecular complexity index is 834. The Morgan fingerprint density at radius 3 is 2.59 bits per heavy atom. The lowest BCUT2D eigenvalue weighted by Crippen LogP contribution is -2.46. The van der Waals surface area contributed by atoms with Crippen molar-refractivity contribution in [1.82, 2.24) is 15.5 Å². The van der Waals surface area contributed by atoms with Gasteiger partial charge in [-0.05, 0) is 56.2 Å². The van der Waals surface area contributed by atoms with E-state index in [-0.39, 0.29) is 18.5 Å². The van der Waals surface area contributed by atoms with E-state index < -0.39 is 17.5 Å². The summed E-state index contributed by atoms with van der Waals surface area (Å²) >= 11 is 0. The van der Waals surface area contributed by atoms with Gasteiger partial charge in [0.15, 0.2) is 11.5 Å². The van der Waals surface area contributed by atoms with Crippen molar-refractivity contribution in [1.29, 1.82) is 0 Å². The third-order valence-electron chi connectivity index (χ3n) is 6.08. The summed E-state index contributed by atoms with van der Waals surface area (Å²) in [6.45, 7) is 4.47. The van der Waals surface area contributed by atoms with Gasteiger partial charge in [0, 0.05) is 6.04 Å². The largest absolute Gasteiger partial charge is 0.486 e. The Morgan fingerprint density at radius 2 is 1.86 bits per heavy atom. The van der Waals surface area contributed by atoms with E-state index in [1.54, 1.807) is 25.1 Å². The van der Waals surface area contributed by atoms with Crippen molar-refractivity contribution in [3.63, 3.8) is 0 Å². The highest BCUT2D eigenvalue weighted by atomic mass is 16.6. The second-order valence-electron chi connectivity index (χ2n) is 8.33. The predicted octanol–water partition coefficient (Wildman–Crippen LogP) is 1.92. The lowest BCUT2D eigenvalue weighted by molar-refractivity contribution is -0.135. The van der Waals surface area contributed by atoms with Gasteiger partial charge in [-0.3, -0.25) is 14.5 Å². The van der Waals surface area contributed by atoms with Gasteiger partial charge in [-0.15, -0.1) is 0 Å². The van der Waals surface area contributed by atoms with Gasteiger partial charge in [0.2, 0.25) is 5.91 Å². The van der Waals surface area contributed by atoms with E-state index in [1.165, 1.54) is 0 Å². The van der Waals surface area contributed by atoms with Crippen LogP contribution < -0.4 is 20.1 Å². The first-order valence-corrected chi connectivity index (χ1v) is 10.2. The molecule has 0 radical (unpaired) electrons. The summed E-state index contributed by atoms with van der Waals surface area (Å²) in [5.74, 6) is 1.07. The van der Waals surface area contributed by atoms with Crippen molar-refractivity contribution in [2.24, 2.45) is 5.92 Å². The molecule has 4 rings (SSSR count). The molecule has 2 fully saturated rings. The van der Waals surface area contributed by atoms with Gasteiger partial charge >= 0.3 is 6.03 Å². The SMILES string of the molecule is CC1CCC(NC(=O)CN2C(=O)N[C@](C)(c3ccc4c(c3)OCCO4)C2=O)CC1. The van der Waals surface area contributed by atoms with Gasteiger partial charge in [0.1, 0.15) is 25.3 Å². The van der Waals surface area contributed by atoms with Crippen LogP contribution in [-0.2, 0) is 15.1 Å². The second-order valence-corrected chi connectivity index (χ2v) is 8.33. The molecule has 8 heteroatoms. The van der Waals surface area contributed by atoms with Crippen molar-refractivity contribution in [3.8, 4) is 11.5 Å². The number of rotatable bonds is 4. The summed E-state index contributed by atoms with van der Waals surface area (Å²) in [7, 11) is 0. The number of benzene rings is 1. The van der Waals surface area contributed by atoms with Crippen LogP contribution in [0.1, 0.15) is 45.1 Å². The molecule has 1 aromatic carbocycles. The summed E-state index contributed by atoms with van der Waals surface area (Å²) < 4.78 is 11.1. The summed E-state index contributed by atoms with van der Waals surface area (Å²) in [5.41, 5.74) is -0.669. The maximum atomic E-state index is 13.1. The molecule has 156 valence electrons. The summed E-state index contributed by atoms with van der Waals surface area (Å²) in [4.78, 5) is 39.0. The zero-order valence-electron chi connectivity index (χ0n) is 16.8. The molecule has 1 saturated heterocycles. The molecular formula is C21H27N3O5. The first-order valence-electron chi connectivity index (χ1n) is 10.2. The Labute approximate surface area is 169 Å². The minimum atomic E-state index is -1.26. The number of carbonyl (C=O) groups is 3. The highest BCUT2D eigenvalue weighted by molar-refractivity contribution is 6.09. The van der Waals surface area contributed by atoms with Gasteiger partial charge < -0.3 is 20.1 Å². The average Bonchev–Trinajstić information content (AvgIpc) is 2.93. The Hall–Kier alpha value is -2.77. The number of ether oxygens (including phenoxy) is 2. The summed E-state index contributed by atoms with van der Waals surface area (Å²) in [6.07, 6.45) is 4.02. The number of nitrogens with one attached hydrogen (secondary N) is 2. The molecule has 1 saturated carbocycles. The zero-order valence-corrected chi connectivity index (χ0v) is 16.8. The van der Waals surface area contributed by atoms with Crippen LogP contribution in [0, 0.1) is 5.92 Å². The Morgan fingerprint density at radius 1 is 1.17 bits per heavy atom. The number of nitrogens with zero attached hydrogens (tertiary/aromatic N) is 1. The van der Waals surface area contributed by atoms with Crippen LogP contribution in [0.5, 0.6) is 11.5 Å². The average molecular weight is 401 g/mol. The molecule has 2 heterocycles. The molecule has 0 spiro atoms. The zero-order chi connectivity index (χ0) is 20.6. The fraction of sp³-hybridized carbons (Fsp3) is 0.571. The molecule has 0 aromatic heterocycles. The molecular weight excluding hydrogens is 374 g/mol. The van der Waals surface area contributed by atoms with E-state index >= 15 is 0 Å². The van der Waals surface area contributed by atoms with E-state index in [2.05, 4.69) is 17.6 Å². The van der Waals surface area contributed by atoms with E-state index in [0.29, 0.717) is 36.2 Å². The number of urea groups is 1. The molecule has 0 bridgehead atoms. The van der Waals surface area contributed by atoms with E-state index in [4.69, 9.17) is 9.47 Å². The third-order valence-corrected chi connectivity index (χ3v) is 6.08. The molecule has 2 N–H and O–H groups in total. The van der Waals surface area contributed by atoms with Crippen LogP contribution in [0.2, 0.25) is 0 Å². The fourth-order valence-electron chi connectivity index (χ4n) is 4.21. The van der Waals surface area contributed by atoms with Crippen LogP contribution in [-0.4, -0.2) is 48.5 Å². The Kier molecular flexibility index (Phi) is 5.10. The Balaban J connectivity index is 1.44. The van der Waals surface area contributed by atoms with Gasteiger partial charge in [-0.1, -0.05) is 13.0 Å². The highest BCUT2D eigenvalue weighted by Crippen LogP contribution is 2.36. The van der Waals surface area contributed by atoms with E-state index in [1.807, 2.05) is 0 Å². The quantitative estimate of drug-likeness (QED) is 0.752. The number of carbonyl (C=O) groups excluding carboxylic acids is 3. The lowest BCUT2D eigenvalue weighted by atomic mass is 9.87. The minimum Gasteiger partial charge on any atom is -0.486 e. The number of hydrogen-bond donors (Lipinski definition) is 2. The van der Waals surface area contributed by atoms with Crippen molar-refractivity contribution in [3.05, 3.63) is 23.8 Å². The van der Waals surface area contributed by atoms with E-state index in [9.17, 15) is 14.4 Å². The van der Waals surface area contributed by atoms with Crippen molar-refractivity contribution < 1.29 is 23.9 Å². The van der Waals surface area contributed by atoms with Crippen LogP contribution in [0.4, 0.5) is 4.79 Å². The van der Waals surface area contributed by atoms with E-state index in [0.717, 1.165) is 30.6 Å². The molecule has 1 aromatic rings. The molecule has 29 heavy (non-hydrogen) atoms. The first kappa shape index (κ1) is 19.5. The van der Waals surface area contributed by atoms with Gasteiger partial charge in [-0.25, -0.2) is 4.79 Å². The number of imide groups is 1. The van der Waals surface area contributed by atoms with Crippen LogP contribution in [0.15, 0.2) is 18.2 Å². The maximum Gasteiger partial charge on any atom is 0.325 e. The monoisotopic (exact) mass is 401 g/mol. The predicted molar refractivity (Wildman–Crippen MR) is 105 cm³/mol. The van der Waals surface area contributed by atoms with Gasteiger partial charge in [0.25, 0.3) is 5.91 Å². The minimum absolute atomic E-state index is 0.114. The van der Waals surface area contributed by atoms with Crippen molar-refractivity contribution >= 4 is 17.8 Å². The molecule has 1 atom stereocenters. The highest BCUT2D eigenvalue weighted by Gasteiger charge is 2.50. The lowest BCUT2D eigenvalue weighted by Gasteiger charge is -2.27. The maximum absolute atomic E-state index is 13.1. The number of hydrogen-bond acceptors (Lipinski definition) is 5. The molecule has 3 aliphatic rings. The van der Waals surface area contributed by atoms with Gasteiger partial charge in [0.05, 0.1) is 0 Å². The molecule has 8 nitrogen and oxygen atoms in total. The summed E-state index contributed by atoms with van der Waals surface area (Å²) in [5, 5.41) is 5.70. The second kappa shape index (κ2) is 7.57. The number of amides is 4. The van der Waals surface area contributed by atoms with Gasteiger partial charge in [-0.2, -0.15) is 0 Å².